The third-order valence-electron chi connectivity index (χ3n) is 3.58. The summed E-state index contributed by atoms with van der Waals surface area (Å²) in [6, 6.07) is 11.9. The molecule has 0 aliphatic carbocycles. The molecule has 25 heavy (non-hydrogen) atoms. The Bertz CT molecular complexity index is 805. The number of carboxylic acids is 2. The van der Waals surface area contributed by atoms with Crippen LogP contribution in [0.2, 0.25) is 0 Å². The second-order valence-electron chi connectivity index (χ2n) is 5.23. The van der Waals surface area contributed by atoms with Crippen LogP contribution < -0.4 is 9.47 Å². The lowest BCUT2D eigenvalue weighted by Crippen LogP contribution is -2.00. The average Bonchev–Trinajstić information content (AvgIpc) is 2.59. The Labute approximate surface area is 144 Å². The van der Waals surface area contributed by atoms with Crippen LogP contribution in [0.5, 0.6) is 11.5 Å². The van der Waals surface area contributed by atoms with Crippen molar-refractivity contribution in [2.75, 3.05) is 14.2 Å². The Morgan fingerprint density at radius 2 is 1.52 bits per heavy atom. The number of methoxy groups -OCH3 is 2. The third-order valence-corrected chi connectivity index (χ3v) is 3.58. The van der Waals surface area contributed by atoms with Gasteiger partial charge in [-0.05, 0) is 34.4 Å². The predicted octanol–water partition coefficient (Wildman–Crippen LogP) is 2.85. The lowest BCUT2D eigenvalue weighted by atomic mass is 9.96. The van der Waals surface area contributed by atoms with Crippen LogP contribution in [0.25, 0.3) is 5.57 Å². The van der Waals surface area contributed by atoms with Gasteiger partial charge < -0.3 is 19.7 Å². The molecular weight excluding hydrogens is 324 g/mol. The largest absolute Gasteiger partial charge is 0.493 e. The SMILES string of the molecule is COc1ccc(/C(=C/C(=O)O)c2ccc(CC(=O)O)cc2)cc1OC. The second-order valence-corrected chi connectivity index (χ2v) is 5.23. The molecule has 0 saturated carbocycles. The molecule has 2 N–H and O–H groups in total. The van der Waals surface area contributed by atoms with Crippen molar-refractivity contribution in [3.05, 3.63) is 65.2 Å². The summed E-state index contributed by atoms with van der Waals surface area (Å²) in [6.07, 6.45) is 1.02. The Balaban J connectivity index is 2.47. The van der Waals surface area contributed by atoms with Gasteiger partial charge in [0.15, 0.2) is 11.5 Å². The molecule has 2 aromatic carbocycles. The van der Waals surface area contributed by atoms with Gasteiger partial charge in [-0.15, -0.1) is 0 Å². The van der Waals surface area contributed by atoms with Crippen LogP contribution >= 0.6 is 0 Å². The van der Waals surface area contributed by atoms with E-state index in [0.29, 0.717) is 33.8 Å². The molecule has 0 heterocycles. The van der Waals surface area contributed by atoms with E-state index in [0.717, 1.165) is 6.08 Å². The molecule has 130 valence electrons. The molecule has 0 aliphatic rings. The maximum atomic E-state index is 11.2. The third kappa shape index (κ3) is 4.60. The van der Waals surface area contributed by atoms with Crippen LogP contribution in [-0.2, 0) is 16.0 Å². The first-order chi connectivity index (χ1) is 11.9. The fourth-order valence-corrected chi connectivity index (χ4v) is 2.44. The van der Waals surface area contributed by atoms with Gasteiger partial charge >= 0.3 is 11.9 Å². The van der Waals surface area contributed by atoms with Crippen molar-refractivity contribution in [2.24, 2.45) is 0 Å². The maximum absolute atomic E-state index is 11.2. The minimum absolute atomic E-state index is 0.0887. The average molecular weight is 342 g/mol. The lowest BCUT2D eigenvalue weighted by molar-refractivity contribution is -0.136. The van der Waals surface area contributed by atoms with Gasteiger partial charge in [0.1, 0.15) is 0 Å². The number of hydrogen-bond acceptors (Lipinski definition) is 4. The molecule has 2 aromatic rings. The van der Waals surface area contributed by atoms with Crippen molar-refractivity contribution in [1.82, 2.24) is 0 Å². The van der Waals surface area contributed by atoms with Gasteiger partial charge in [0, 0.05) is 6.08 Å². The summed E-state index contributed by atoms with van der Waals surface area (Å²) in [5.74, 6) is -0.982. The fraction of sp³-hybridized carbons (Fsp3) is 0.158. The van der Waals surface area contributed by atoms with E-state index < -0.39 is 11.9 Å². The molecule has 0 radical (unpaired) electrons. The molecule has 0 amide bonds. The molecule has 6 heteroatoms. The minimum Gasteiger partial charge on any atom is -0.493 e. The molecular formula is C19H18O6. The quantitative estimate of drug-likeness (QED) is 0.752. The van der Waals surface area contributed by atoms with Crippen molar-refractivity contribution in [1.29, 1.82) is 0 Å². The highest BCUT2D eigenvalue weighted by atomic mass is 16.5. The first kappa shape index (κ1) is 18.1. The van der Waals surface area contributed by atoms with Gasteiger partial charge in [-0.2, -0.15) is 0 Å². The van der Waals surface area contributed by atoms with E-state index in [1.807, 2.05) is 0 Å². The van der Waals surface area contributed by atoms with Gasteiger partial charge in [-0.1, -0.05) is 30.3 Å². The standard InChI is InChI=1S/C19H18O6/c1-24-16-8-7-14(10-17(16)25-2)15(11-19(22)23)13-5-3-12(4-6-13)9-18(20)21/h3-8,10-11H,9H2,1-2H3,(H,20,21)(H,22,23)/b15-11+. The number of benzene rings is 2. The fourth-order valence-electron chi connectivity index (χ4n) is 2.44. The van der Waals surface area contributed by atoms with Gasteiger partial charge in [-0.3, -0.25) is 4.79 Å². The Morgan fingerprint density at radius 1 is 0.920 bits per heavy atom. The van der Waals surface area contributed by atoms with Gasteiger partial charge in [0.2, 0.25) is 0 Å². The van der Waals surface area contributed by atoms with Crippen LogP contribution in [0, 0.1) is 0 Å². The van der Waals surface area contributed by atoms with Crippen LogP contribution in [0.1, 0.15) is 16.7 Å². The number of carbonyl (C=O) groups is 2. The van der Waals surface area contributed by atoms with Crippen molar-refractivity contribution in [3.63, 3.8) is 0 Å². The van der Waals surface area contributed by atoms with Crippen LogP contribution in [0.4, 0.5) is 0 Å². The summed E-state index contributed by atoms with van der Waals surface area (Å²) in [6.45, 7) is 0. The topological polar surface area (TPSA) is 93.1 Å². The highest BCUT2D eigenvalue weighted by Gasteiger charge is 2.12. The van der Waals surface area contributed by atoms with E-state index in [2.05, 4.69) is 0 Å². The highest BCUT2D eigenvalue weighted by molar-refractivity contribution is 5.95. The first-order valence-corrected chi connectivity index (χ1v) is 7.42. The van der Waals surface area contributed by atoms with E-state index in [9.17, 15) is 14.7 Å². The van der Waals surface area contributed by atoms with E-state index >= 15 is 0 Å². The molecule has 0 saturated heterocycles. The van der Waals surface area contributed by atoms with E-state index in [-0.39, 0.29) is 6.42 Å². The molecule has 2 rings (SSSR count). The number of carboxylic acid groups (broad SMARTS) is 2. The molecule has 6 nitrogen and oxygen atoms in total. The Kier molecular flexibility index (Phi) is 5.79. The van der Waals surface area contributed by atoms with Gasteiger partial charge in [0.25, 0.3) is 0 Å². The highest BCUT2D eigenvalue weighted by Crippen LogP contribution is 2.33. The molecule has 0 aromatic heterocycles. The van der Waals surface area contributed by atoms with Crippen molar-refractivity contribution >= 4 is 17.5 Å². The van der Waals surface area contributed by atoms with Gasteiger partial charge in [-0.25, -0.2) is 4.79 Å². The zero-order valence-electron chi connectivity index (χ0n) is 13.9. The molecule has 0 spiro atoms. The molecule has 0 bridgehead atoms. The second kappa shape index (κ2) is 8.01. The molecule has 0 fully saturated rings. The number of hydrogen-bond donors (Lipinski definition) is 2. The minimum atomic E-state index is -1.08. The summed E-state index contributed by atoms with van der Waals surface area (Å²) >= 11 is 0. The summed E-state index contributed by atoms with van der Waals surface area (Å²) in [4.78, 5) is 22.0. The first-order valence-electron chi connectivity index (χ1n) is 7.42. The summed E-state index contributed by atoms with van der Waals surface area (Å²) in [5.41, 5.74) is 2.42. The number of rotatable bonds is 7. The van der Waals surface area contributed by atoms with E-state index in [1.165, 1.54) is 14.2 Å². The van der Waals surface area contributed by atoms with Gasteiger partial charge in [0.05, 0.1) is 20.6 Å². The zero-order chi connectivity index (χ0) is 18.4. The number of ether oxygens (including phenoxy) is 2. The lowest BCUT2D eigenvalue weighted by Gasteiger charge is -2.12. The summed E-state index contributed by atoms with van der Waals surface area (Å²) in [5, 5.41) is 18.0. The van der Waals surface area contributed by atoms with E-state index in [1.54, 1.807) is 42.5 Å². The summed E-state index contributed by atoms with van der Waals surface area (Å²) < 4.78 is 10.5. The van der Waals surface area contributed by atoms with Crippen LogP contribution in [0.3, 0.4) is 0 Å². The van der Waals surface area contributed by atoms with Crippen molar-refractivity contribution in [3.8, 4) is 11.5 Å². The Hall–Kier alpha value is -3.28. The van der Waals surface area contributed by atoms with E-state index in [4.69, 9.17) is 14.6 Å². The smallest absolute Gasteiger partial charge is 0.328 e. The normalized spacial score (nSPS) is 11.0. The molecule has 0 unspecified atom stereocenters. The van der Waals surface area contributed by atoms with Crippen LogP contribution in [-0.4, -0.2) is 36.4 Å². The van der Waals surface area contributed by atoms with Crippen molar-refractivity contribution < 1.29 is 29.3 Å². The summed E-state index contributed by atoms with van der Waals surface area (Å²) in [7, 11) is 3.02. The van der Waals surface area contributed by atoms with Crippen LogP contribution in [0.15, 0.2) is 48.5 Å². The molecule has 0 atom stereocenters. The number of aliphatic carboxylic acids is 2. The zero-order valence-corrected chi connectivity index (χ0v) is 13.9. The predicted molar refractivity (Wildman–Crippen MR) is 92.0 cm³/mol. The monoisotopic (exact) mass is 342 g/mol. The maximum Gasteiger partial charge on any atom is 0.328 e. The molecule has 0 aliphatic heterocycles. The van der Waals surface area contributed by atoms with Crippen molar-refractivity contribution in [2.45, 2.75) is 6.42 Å². The Morgan fingerprint density at radius 3 is 2.04 bits per heavy atom.